The van der Waals surface area contributed by atoms with Crippen LogP contribution in [0.1, 0.15) is 5.56 Å². The number of hydrogen-bond acceptors (Lipinski definition) is 5. The first-order valence-electron chi connectivity index (χ1n) is 5.38. The molecule has 5 nitrogen and oxygen atoms in total. The Kier molecular flexibility index (Phi) is 3.43. The molecular formula is C13H12N4O. The second-order valence-corrected chi connectivity index (χ2v) is 3.77. The average Bonchev–Trinajstić information content (AvgIpc) is 2.40. The number of phenolic OH excluding ortho intramolecular Hbond substituents is 1. The fourth-order valence-electron chi connectivity index (χ4n) is 1.47. The summed E-state index contributed by atoms with van der Waals surface area (Å²) in [6.45, 7) is 1.83. The molecule has 0 saturated carbocycles. The third-order valence-corrected chi connectivity index (χ3v) is 2.44. The second-order valence-electron chi connectivity index (χ2n) is 3.77. The molecule has 0 aliphatic rings. The van der Waals surface area contributed by atoms with E-state index in [2.05, 4.69) is 15.3 Å². The largest absolute Gasteiger partial charge is 0.506 e. The highest BCUT2D eigenvalue weighted by Crippen LogP contribution is 2.34. The molecule has 0 aliphatic carbocycles. The van der Waals surface area contributed by atoms with Crippen LogP contribution in [0.4, 0.5) is 17.1 Å². The van der Waals surface area contributed by atoms with Crippen LogP contribution in [0.3, 0.4) is 0 Å². The van der Waals surface area contributed by atoms with E-state index in [1.54, 1.807) is 6.07 Å². The molecule has 5 heteroatoms. The van der Waals surface area contributed by atoms with E-state index in [-0.39, 0.29) is 11.4 Å². The van der Waals surface area contributed by atoms with Crippen LogP contribution in [-0.2, 0) is 0 Å². The quantitative estimate of drug-likeness (QED) is 0.743. The van der Waals surface area contributed by atoms with Crippen LogP contribution < -0.4 is 0 Å². The van der Waals surface area contributed by atoms with E-state index < -0.39 is 0 Å². The van der Waals surface area contributed by atoms with Gasteiger partial charge in [-0.2, -0.15) is 15.3 Å². The van der Waals surface area contributed by atoms with Gasteiger partial charge in [0, 0.05) is 6.07 Å². The standard InChI is InChI=1S/C13H12N4O/c1-9-7-12(15-14)13(18)8-11(9)17-16-10-5-3-2-4-6-10/h2-8,14,18H,1H3. The number of phenols is 1. The lowest BCUT2D eigenvalue weighted by Crippen LogP contribution is -1.75. The Morgan fingerprint density at radius 3 is 2.39 bits per heavy atom. The summed E-state index contributed by atoms with van der Waals surface area (Å²) < 4.78 is 0. The molecule has 0 fully saturated rings. The number of aryl methyl sites for hydroxylation is 1. The van der Waals surface area contributed by atoms with Crippen molar-refractivity contribution < 1.29 is 5.11 Å². The van der Waals surface area contributed by atoms with Crippen molar-refractivity contribution in [3.8, 4) is 5.75 Å². The van der Waals surface area contributed by atoms with E-state index in [0.717, 1.165) is 11.3 Å². The average molecular weight is 240 g/mol. The first kappa shape index (κ1) is 11.9. The number of nitrogens with one attached hydrogen (secondary N) is 1. The van der Waals surface area contributed by atoms with Crippen LogP contribution in [-0.4, -0.2) is 5.11 Å². The van der Waals surface area contributed by atoms with Crippen molar-refractivity contribution in [1.82, 2.24) is 0 Å². The predicted molar refractivity (Wildman–Crippen MR) is 68.3 cm³/mol. The van der Waals surface area contributed by atoms with Crippen LogP contribution in [0.2, 0.25) is 0 Å². The maximum atomic E-state index is 9.60. The van der Waals surface area contributed by atoms with E-state index in [1.165, 1.54) is 6.07 Å². The second kappa shape index (κ2) is 5.18. The first-order chi connectivity index (χ1) is 8.70. The third-order valence-electron chi connectivity index (χ3n) is 2.44. The van der Waals surface area contributed by atoms with Gasteiger partial charge in [0.25, 0.3) is 0 Å². The highest BCUT2D eigenvalue weighted by molar-refractivity contribution is 5.61. The van der Waals surface area contributed by atoms with Gasteiger partial charge in [0.05, 0.1) is 11.4 Å². The molecule has 0 unspecified atom stereocenters. The van der Waals surface area contributed by atoms with Crippen LogP contribution in [0, 0.1) is 12.5 Å². The summed E-state index contributed by atoms with van der Waals surface area (Å²) >= 11 is 0. The molecule has 90 valence electrons. The summed E-state index contributed by atoms with van der Waals surface area (Å²) in [6.07, 6.45) is 0. The van der Waals surface area contributed by atoms with Gasteiger partial charge in [-0.3, -0.25) is 0 Å². The van der Waals surface area contributed by atoms with Gasteiger partial charge in [-0.05, 0) is 30.7 Å². The Balaban J connectivity index is 2.33. The minimum absolute atomic E-state index is 0.0717. The molecule has 0 atom stereocenters. The summed E-state index contributed by atoms with van der Waals surface area (Å²) in [5.74, 6) is -0.0717. The molecule has 2 aromatic rings. The topological polar surface area (TPSA) is 81.2 Å². The summed E-state index contributed by atoms with van der Waals surface area (Å²) in [4.78, 5) is 0. The van der Waals surface area contributed by atoms with E-state index in [1.807, 2.05) is 37.3 Å². The molecule has 0 amide bonds. The molecule has 0 aromatic heterocycles. The zero-order valence-corrected chi connectivity index (χ0v) is 9.83. The molecule has 2 aromatic carbocycles. The number of nitrogens with zero attached hydrogens (tertiary/aromatic N) is 3. The van der Waals surface area contributed by atoms with E-state index in [4.69, 9.17) is 5.53 Å². The number of rotatable bonds is 3. The Bertz CT molecular complexity index is 593. The van der Waals surface area contributed by atoms with Crippen LogP contribution in [0.15, 0.2) is 57.8 Å². The van der Waals surface area contributed by atoms with Crippen molar-refractivity contribution in [2.24, 2.45) is 15.3 Å². The maximum Gasteiger partial charge on any atom is 0.145 e. The van der Waals surface area contributed by atoms with Gasteiger partial charge < -0.3 is 5.11 Å². The maximum absolute atomic E-state index is 9.60. The Labute approximate surface area is 104 Å². The van der Waals surface area contributed by atoms with E-state index in [9.17, 15) is 5.11 Å². The molecule has 18 heavy (non-hydrogen) atoms. The summed E-state index contributed by atoms with van der Waals surface area (Å²) in [5.41, 5.74) is 9.23. The van der Waals surface area contributed by atoms with Gasteiger partial charge in [-0.25, -0.2) is 5.53 Å². The zero-order valence-electron chi connectivity index (χ0n) is 9.83. The fourth-order valence-corrected chi connectivity index (χ4v) is 1.47. The lowest BCUT2D eigenvalue weighted by molar-refractivity contribution is 0.476. The van der Waals surface area contributed by atoms with E-state index >= 15 is 0 Å². The highest BCUT2D eigenvalue weighted by Gasteiger charge is 2.05. The number of hydrogen-bond donors (Lipinski definition) is 2. The van der Waals surface area contributed by atoms with Crippen molar-refractivity contribution in [2.75, 3.05) is 0 Å². The van der Waals surface area contributed by atoms with Crippen molar-refractivity contribution in [3.63, 3.8) is 0 Å². The van der Waals surface area contributed by atoms with Gasteiger partial charge in [-0.15, -0.1) is 0 Å². The minimum atomic E-state index is -0.0717. The van der Waals surface area contributed by atoms with Crippen LogP contribution in [0.25, 0.3) is 0 Å². The Morgan fingerprint density at radius 2 is 1.72 bits per heavy atom. The normalized spacial score (nSPS) is 10.7. The number of aromatic hydroxyl groups is 1. The summed E-state index contributed by atoms with van der Waals surface area (Å²) in [6, 6.07) is 12.4. The number of benzene rings is 2. The molecule has 0 bridgehead atoms. The molecule has 0 radical (unpaired) electrons. The van der Waals surface area contributed by atoms with Crippen molar-refractivity contribution >= 4 is 17.1 Å². The summed E-state index contributed by atoms with van der Waals surface area (Å²) in [7, 11) is 0. The zero-order chi connectivity index (χ0) is 13.0. The first-order valence-corrected chi connectivity index (χ1v) is 5.38. The summed E-state index contributed by atoms with van der Waals surface area (Å²) in [5, 5.41) is 21.0. The van der Waals surface area contributed by atoms with Crippen molar-refractivity contribution in [3.05, 3.63) is 48.0 Å². The van der Waals surface area contributed by atoms with Gasteiger partial charge in [0.15, 0.2) is 0 Å². The highest BCUT2D eigenvalue weighted by atomic mass is 16.3. The molecule has 0 aliphatic heterocycles. The predicted octanol–water partition coefficient (Wildman–Crippen LogP) is 4.78. The van der Waals surface area contributed by atoms with Crippen LogP contribution in [0.5, 0.6) is 5.75 Å². The van der Waals surface area contributed by atoms with Crippen molar-refractivity contribution in [1.29, 1.82) is 5.53 Å². The number of azo groups is 1. The minimum Gasteiger partial charge on any atom is -0.506 e. The van der Waals surface area contributed by atoms with Gasteiger partial charge in [0.2, 0.25) is 0 Å². The smallest absolute Gasteiger partial charge is 0.145 e. The lowest BCUT2D eigenvalue weighted by Gasteiger charge is -2.02. The molecule has 0 saturated heterocycles. The Morgan fingerprint density at radius 1 is 1.00 bits per heavy atom. The van der Waals surface area contributed by atoms with Crippen molar-refractivity contribution in [2.45, 2.75) is 6.92 Å². The monoisotopic (exact) mass is 240 g/mol. The van der Waals surface area contributed by atoms with E-state index in [0.29, 0.717) is 5.69 Å². The Hall–Kier alpha value is -2.56. The van der Waals surface area contributed by atoms with Gasteiger partial charge in [-0.1, -0.05) is 18.2 Å². The SMILES string of the molecule is Cc1cc(N=N)c(O)cc1N=Nc1ccccc1. The fraction of sp³-hybridized carbons (Fsp3) is 0.0769. The van der Waals surface area contributed by atoms with Gasteiger partial charge in [0.1, 0.15) is 11.4 Å². The lowest BCUT2D eigenvalue weighted by atomic mass is 10.1. The van der Waals surface area contributed by atoms with Crippen LogP contribution >= 0.6 is 0 Å². The molecule has 2 rings (SSSR count). The molecular weight excluding hydrogens is 228 g/mol. The molecule has 0 spiro atoms. The third kappa shape index (κ3) is 2.57. The molecule has 0 heterocycles. The van der Waals surface area contributed by atoms with Gasteiger partial charge >= 0.3 is 0 Å². The molecule has 2 N–H and O–H groups in total.